The summed E-state index contributed by atoms with van der Waals surface area (Å²) < 4.78 is 34.1. The first-order valence-corrected chi connectivity index (χ1v) is 11.3. The second-order valence-electron chi connectivity index (χ2n) is 8.74. The molecule has 1 saturated heterocycles. The fraction of sp³-hybridized carbons (Fsp3) is 0.360. The van der Waals surface area contributed by atoms with Gasteiger partial charge < -0.3 is 14.6 Å². The van der Waals surface area contributed by atoms with Gasteiger partial charge in [0.1, 0.15) is 24.9 Å². The van der Waals surface area contributed by atoms with Crippen LogP contribution in [0.25, 0.3) is 0 Å². The Morgan fingerprint density at radius 3 is 2.65 bits per heavy atom. The van der Waals surface area contributed by atoms with Crippen LogP contribution in [0.2, 0.25) is 0 Å². The molecule has 2 aliphatic rings. The van der Waals surface area contributed by atoms with Crippen LogP contribution < -0.4 is 5.32 Å². The zero-order valence-electron chi connectivity index (χ0n) is 18.4. The first-order valence-electron chi connectivity index (χ1n) is 11.3. The van der Waals surface area contributed by atoms with Crippen molar-refractivity contribution in [3.05, 3.63) is 83.6 Å². The van der Waals surface area contributed by atoms with E-state index in [0.717, 1.165) is 12.8 Å². The molecule has 0 spiro atoms. The number of amides is 2. The summed E-state index contributed by atoms with van der Waals surface area (Å²) in [5, 5.41) is 2.88. The van der Waals surface area contributed by atoms with E-state index in [1.54, 1.807) is 24.3 Å². The Morgan fingerprint density at radius 2 is 1.97 bits per heavy atom. The van der Waals surface area contributed by atoms with Crippen molar-refractivity contribution in [1.29, 1.82) is 0 Å². The lowest BCUT2D eigenvalue weighted by Gasteiger charge is -2.26. The summed E-state index contributed by atoms with van der Waals surface area (Å²) in [6, 6.07) is 10.7. The Morgan fingerprint density at radius 1 is 1.18 bits per heavy atom. The summed E-state index contributed by atoms with van der Waals surface area (Å²) in [5.41, 5.74) is 1.63. The number of nitrogens with one attached hydrogen (secondary N) is 1. The van der Waals surface area contributed by atoms with Crippen molar-refractivity contribution >= 4 is 11.8 Å². The molecule has 1 N–H and O–H groups in total. The predicted molar refractivity (Wildman–Crippen MR) is 118 cm³/mol. The average molecular weight is 466 g/mol. The molecule has 1 aromatic carbocycles. The van der Waals surface area contributed by atoms with Crippen LogP contribution in [0.15, 0.2) is 59.3 Å². The van der Waals surface area contributed by atoms with Gasteiger partial charge in [0.25, 0.3) is 0 Å². The third kappa shape index (κ3) is 4.69. The van der Waals surface area contributed by atoms with Gasteiger partial charge >= 0.3 is 0 Å². The molecule has 1 aliphatic heterocycles. The van der Waals surface area contributed by atoms with Crippen LogP contribution in [0, 0.1) is 5.95 Å². The number of carbonyl (C=O) groups is 2. The molecule has 3 aromatic rings. The van der Waals surface area contributed by atoms with Crippen molar-refractivity contribution in [1.82, 2.24) is 20.2 Å². The largest absolute Gasteiger partial charge is 0.448 e. The minimum absolute atomic E-state index is 0.118. The Hall–Kier alpha value is -3.62. The number of carbonyl (C=O) groups excluding carboxylic acids is 2. The Balaban J connectivity index is 1.38. The number of benzene rings is 1. The molecule has 1 aliphatic carbocycles. The minimum Gasteiger partial charge on any atom is -0.448 e. The van der Waals surface area contributed by atoms with Gasteiger partial charge in [-0.3, -0.25) is 9.59 Å². The molecule has 0 bridgehead atoms. The zero-order valence-corrected chi connectivity index (χ0v) is 18.4. The summed E-state index contributed by atoms with van der Waals surface area (Å²) in [4.78, 5) is 35.4. The maximum atomic E-state index is 14.7. The number of oxazole rings is 1. The standard InChI is InChI=1S/C25H24F2N4O3/c26-17-12-20(31(14-17)22(32)13-21-28-10-11-34-21)25(33)30-23(16-4-2-1-3-5-16)19-9-8-18(15-6-7-15)24(27)29-19/h1-5,8-11,15,17,20,23H,6-7,12-14H2,(H,30,33)/t17-,20+,23+/m1/s1. The Labute approximate surface area is 195 Å². The number of rotatable bonds is 7. The lowest BCUT2D eigenvalue weighted by molar-refractivity contribution is -0.138. The van der Waals surface area contributed by atoms with Crippen LogP contribution in [0.4, 0.5) is 8.78 Å². The van der Waals surface area contributed by atoms with Gasteiger partial charge in [-0.15, -0.1) is 0 Å². The van der Waals surface area contributed by atoms with Crippen molar-refractivity contribution in [2.45, 2.75) is 49.9 Å². The molecule has 0 radical (unpaired) electrons. The molecule has 176 valence electrons. The third-order valence-corrected chi connectivity index (χ3v) is 6.29. The minimum atomic E-state index is -1.33. The lowest BCUT2D eigenvalue weighted by Crippen LogP contribution is -2.47. The summed E-state index contributed by atoms with van der Waals surface area (Å²) in [5.74, 6) is -1.11. The molecule has 9 heteroatoms. The number of halogens is 2. The summed E-state index contributed by atoms with van der Waals surface area (Å²) in [6.07, 6.45) is 3.04. The monoisotopic (exact) mass is 466 g/mol. The molecule has 34 heavy (non-hydrogen) atoms. The van der Waals surface area contributed by atoms with Crippen LogP contribution in [-0.2, 0) is 16.0 Å². The van der Waals surface area contributed by atoms with Crippen molar-refractivity contribution < 1.29 is 22.8 Å². The number of alkyl halides is 1. The number of nitrogens with zero attached hydrogens (tertiary/aromatic N) is 3. The highest BCUT2D eigenvalue weighted by Gasteiger charge is 2.41. The molecule has 2 amide bonds. The molecule has 2 aromatic heterocycles. The van der Waals surface area contributed by atoms with Crippen molar-refractivity contribution in [3.63, 3.8) is 0 Å². The van der Waals surface area contributed by atoms with Crippen LogP contribution in [0.1, 0.15) is 53.9 Å². The van der Waals surface area contributed by atoms with E-state index in [2.05, 4.69) is 15.3 Å². The van der Waals surface area contributed by atoms with Gasteiger partial charge in [0.2, 0.25) is 23.7 Å². The van der Waals surface area contributed by atoms with Crippen molar-refractivity contribution in [3.8, 4) is 0 Å². The number of likely N-dealkylation sites (tertiary alicyclic amines) is 1. The molecule has 0 unspecified atom stereocenters. The van der Waals surface area contributed by atoms with Gasteiger partial charge in [-0.05, 0) is 30.4 Å². The summed E-state index contributed by atoms with van der Waals surface area (Å²) in [7, 11) is 0. The maximum absolute atomic E-state index is 14.7. The summed E-state index contributed by atoms with van der Waals surface area (Å²) >= 11 is 0. The first-order chi connectivity index (χ1) is 16.5. The average Bonchev–Trinajstić information content (AvgIpc) is 3.40. The highest BCUT2D eigenvalue weighted by molar-refractivity contribution is 5.89. The molecule has 7 nitrogen and oxygen atoms in total. The fourth-order valence-electron chi connectivity index (χ4n) is 4.41. The van der Waals surface area contributed by atoms with Crippen LogP contribution in [0.3, 0.4) is 0 Å². The molecular weight excluding hydrogens is 442 g/mol. The highest BCUT2D eigenvalue weighted by Crippen LogP contribution is 2.41. The van der Waals surface area contributed by atoms with Crippen molar-refractivity contribution in [2.75, 3.05) is 6.54 Å². The van der Waals surface area contributed by atoms with E-state index >= 15 is 0 Å². The highest BCUT2D eigenvalue weighted by atomic mass is 19.1. The van der Waals surface area contributed by atoms with E-state index in [0.29, 0.717) is 16.8 Å². The lowest BCUT2D eigenvalue weighted by atomic mass is 10.0. The normalized spacial score (nSPS) is 20.8. The topological polar surface area (TPSA) is 88.3 Å². The third-order valence-electron chi connectivity index (χ3n) is 6.29. The van der Waals surface area contributed by atoms with Crippen molar-refractivity contribution in [2.24, 2.45) is 0 Å². The van der Waals surface area contributed by atoms with E-state index in [9.17, 15) is 18.4 Å². The Bertz CT molecular complexity index is 1170. The van der Waals surface area contributed by atoms with Gasteiger partial charge in [-0.25, -0.2) is 14.4 Å². The van der Waals surface area contributed by atoms with E-state index in [4.69, 9.17) is 4.42 Å². The quantitative estimate of drug-likeness (QED) is 0.539. The summed E-state index contributed by atoms with van der Waals surface area (Å²) in [6.45, 7) is -0.184. The Kier molecular flexibility index (Phi) is 6.08. The second-order valence-corrected chi connectivity index (χ2v) is 8.74. The smallest absolute Gasteiger partial charge is 0.243 e. The van der Waals surface area contributed by atoms with Gasteiger partial charge in [-0.1, -0.05) is 36.4 Å². The van der Waals surface area contributed by atoms with E-state index in [1.807, 2.05) is 18.2 Å². The molecule has 2 fully saturated rings. The van der Waals surface area contributed by atoms with Gasteiger partial charge in [0, 0.05) is 12.0 Å². The van der Waals surface area contributed by atoms with Crippen LogP contribution in [0.5, 0.6) is 0 Å². The van der Waals surface area contributed by atoms with Gasteiger partial charge in [0.05, 0.1) is 24.5 Å². The van der Waals surface area contributed by atoms with Crippen LogP contribution >= 0.6 is 0 Å². The SMILES string of the molecule is O=C(N[C@@H](c1ccccc1)c1ccc(C2CC2)c(F)n1)[C@@H]1C[C@@H](F)CN1C(=O)Cc1ncco1. The molecule has 3 atom stereocenters. The second kappa shape index (κ2) is 9.32. The zero-order chi connectivity index (χ0) is 23.7. The number of hydrogen-bond acceptors (Lipinski definition) is 5. The first kappa shape index (κ1) is 22.2. The fourth-order valence-corrected chi connectivity index (χ4v) is 4.41. The number of aromatic nitrogens is 2. The van der Waals surface area contributed by atoms with E-state index in [1.165, 1.54) is 17.4 Å². The molecule has 5 rings (SSSR count). The predicted octanol–water partition coefficient (Wildman–Crippen LogP) is 3.47. The number of hydrogen-bond donors (Lipinski definition) is 1. The molecule has 3 heterocycles. The van der Waals surface area contributed by atoms with E-state index < -0.39 is 36.0 Å². The maximum Gasteiger partial charge on any atom is 0.243 e. The van der Waals surface area contributed by atoms with E-state index in [-0.39, 0.29) is 31.2 Å². The number of pyridine rings is 1. The van der Waals surface area contributed by atoms with Gasteiger partial charge in [0.15, 0.2) is 0 Å². The van der Waals surface area contributed by atoms with Gasteiger partial charge in [-0.2, -0.15) is 4.39 Å². The van der Waals surface area contributed by atoms with Crippen LogP contribution in [-0.4, -0.2) is 45.4 Å². The molecular formula is C25H24F2N4O3. The molecule has 1 saturated carbocycles.